The van der Waals surface area contributed by atoms with Crippen molar-refractivity contribution in [1.29, 1.82) is 0 Å². The van der Waals surface area contributed by atoms with Crippen LogP contribution in [0.3, 0.4) is 0 Å². The summed E-state index contributed by atoms with van der Waals surface area (Å²) in [7, 11) is 1.88. The van der Waals surface area contributed by atoms with Crippen molar-refractivity contribution < 1.29 is 9.53 Å². The van der Waals surface area contributed by atoms with Gasteiger partial charge in [0.15, 0.2) is 0 Å². The molecule has 4 rings (SSSR count). The first-order valence-electron chi connectivity index (χ1n) is 8.13. The van der Waals surface area contributed by atoms with Crippen LogP contribution >= 0.6 is 0 Å². The molecule has 5 nitrogen and oxygen atoms in total. The van der Waals surface area contributed by atoms with Gasteiger partial charge in [-0.1, -0.05) is 18.2 Å². The summed E-state index contributed by atoms with van der Waals surface area (Å²) in [5.41, 5.74) is 0. The van der Waals surface area contributed by atoms with E-state index in [1.54, 1.807) is 0 Å². The summed E-state index contributed by atoms with van der Waals surface area (Å²) in [6.45, 7) is 6.32. The van der Waals surface area contributed by atoms with Crippen LogP contribution in [-0.4, -0.2) is 79.6 Å². The summed E-state index contributed by atoms with van der Waals surface area (Å²) in [5.74, 6) is 1.08. The molecule has 3 fully saturated rings. The molecule has 3 aliphatic heterocycles. The van der Waals surface area contributed by atoms with Crippen molar-refractivity contribution in [2.45, 2.75) is 12.5 Å². The molecule has 0 spiro atoms. The van der Waals surface area contributed by atoms with Gasteiger partial charge in [0.25, 0.3) is 0 Å². The topological polar surface area (TPSA) is 36.0 Å². The van der Waals surface area contributed by atoms with Crippen molar-refractivity contribution in [3.63, 3.8) is 0 Å². The van der Waals surface area contributed by atoms with E-state index in [2.05, 4.69) is 9.80 Å². The van der Waals surface area contributed by atoms with Crippen LogP contribution in [0.2, 0.25) is 0 Å². The molecule has 1 aromatic rings. The van der Waals surface area contributed by atoms with Crippen LogP contribution in [0.25, 0.3) is 0 Å². The summed E-state index contributed by atoms with van der Waals surface area (Å²) in [6, 6.07) is 9.77. The number of likely N-dealkylation sites (N-methyl/N-ethyl adjacent to an activating group) is 1. The molecule has 1 amide bonds. The molecule has 0 aromatic heterocycles. The zero-order valence-corrected chi connectivity index (χ0v) is 13.3. The minimum absolute atomic E-state index is 0.0259. The van der Waals surface area contributed by atoms with Gasteiger partial charge in [-0.05, 0) is 25.1 Å². The van der Waals surface area contributed by atoms with Crippen LogP contribution in [0.1, 0.15) is 6.42 Å². The lowest BCUT2D eigenvalue weighted by atomic mass is 10.1. The normalized spacial score (nSPS) is 27.2. The van der Waals surface area contributed by atoms with Crippen LogP contribution in [0.5, 0.6) is 5.75 Å². The zero-order valence-electron chi connectivity index (χ0n) is 13.3. The molecule has 3 saturated heterocycles. The molecule has 120 valence electrons. The van der Waals surface area contributed by atoms with E-state index < -0.39 is 0 Å². The number of ether oxygens (including phenoxy) is 1. The Balaban J connectivity index is 1.49. The fourth-order valence-electron chi connectivity index (χ4n) is 3.26. The van der Waals surface area contributed by atoms with E-state index in [1.807, 2.05) is 42.3 Å². The molecule has 0 aliphatic carbocycles. The van der Waals surface area contributed by atoms with E-state index in [1.165, 1.54) is 6.42 Å². The van der Waals surface area contributed by atoms with Crippen molar-refractivity contribution in [3.8, 4) is 5.75 Å². The Labute approximate surface area is 132 Å². The third kappa shape index (κ3) is 3.59. The van der Waals surface area contributed by atoms with E-state index in [9.17, 15) is 4.79 Å². The van der Waals surface area contributed by atoms with Gasteiger partial charge in [0.05, 0.1) is 6.54 Å². The molecule has 2 bridgehead atoms. The molecular formula is C17H25N3O2. The first kappa shape index (κ1) is 15.3. The molecule has 3 heterocycles. The van der Waals surface area contributed by atoms with Crippen molar-refractivity contribution in [2.75, 3.05) is 52.9 Å². The molecule has 5 heteroatoms. The van der Waals surface area contributed by atoms with Gasteiger partial charge in [0.2, 0.25) is 5.91 Å². The van der Waals surface area contributed by atoms with Gasteiger partial charge in [-0.2, -0.15) is 0 Å². The lowest BCUT2D eigenvalue weighted by Gasteiger charge is -2.38. The summed E-state index contributed by atoms with van der Waals surface area (Å²) in [6.07, 6.45) is 1.17. The van der Waals surface area contributed by atoms with Gasteiger partial charge < -0.3 is 9.64 Å². The average Bonchev–Trinajstić information content (AvgIpc) is 2.90. The second-order valence-electron chi connectivity index (χ2n) is 6.13. The Bertz CT molecular complexity index is 490. The first-order chi connectivity index (χ1) is 10.7. The second kappa shape index (κ2) is 7.11. The monoisotopic (exact) mass is 303 g/mol. The van der Waals surface area contributed by atoms with Gasteiger partial charge in [0.1, 0.15) is 18.4 Å². The molecule has 3 atom stereocenters. The van der Waals surface area contributed by atoms with Crippen molar-refractivity contribution in [1.82, 2.24) is 14.7 Å². The molecule has 0 saturated carbocycles. The number of rotatable bonds is 5. The largest absolute Gasteiger partial charge is 0.492 e. The van der Waals surface area contributed by atoms with Gasteiger partial charge >= 0.3 is 0 Å². The Morgan fingerprint density at radius 3 is 2.86 bits per heavy atom. The number of piperazine rings is 1. The highest BCUT2D eigenvalue weighted by Crippen LogP contribution is 2.17. The number of hydrogen-bond acceptors (Lipinski definition) is 4. The number of benzene rings is 1. The van der Waals surface area contributed by atoms with Crippen LogP contribution < -0.4 is 4.74 Å². The van der Waals surface area contributed by atoms with Crippen molar-refractivity contribution in [3.05, 3.63) is 30.3 Å². The lowest BCUT2D eigenvalue weighted by molar-refractivity contribution is -0.137. The minimum Gasteiger partial charge on any atom is -0.492 e. The van der Waals surface area contributed by atoms with Gasteiger partial charge in [-0.25, -0.2) is 0 Å². The molecular weight excluding hydrogens is 278 g/mol. The number of fused-ring (bicyclic) bond motifs is 4. The third-order valence-electron chi connectivity index (χ3n) is 4.59. The Hall–Kier alpha value is -1.59. The van der Waals surface area contributed by atoms with E-state index >= 15 is 0 Å². The van der Waals surface area contributed by atoms with Crippen LogP contribution in [0.15, 0.2) is 30.3 Å². The van der Waals surface area contributed by atoms with E-state index in [4.69, 9.17) is 4.74 Å². The number of hydrogen-bond donors (Lipinski definition) is 0. The Kier molecular flexibility index (Phi) is 4.95. The average molecular weight is 303 g/mol. The van der Waals surface area contributed by atoms with Crippen LogP contribution in [-0.2, 0) is 4.79 Å². The highest BCUT2D eigenvalue weighted by molar-refractivity contribution is 5.82. The number of amides is 1. The van der Waals surface area contributed by atoms with Crippen LogP contribution in [0.4, 0.5) is 0 Å². The molecule has 0 N–H and O–H groups in total. The number of carbonyl (C=O) groups is 1. The minimum atomic E-state index is 0.0259. The number of nitrogens with zero attached hydrogens (tertiary/aromatic N) is 3. The van der Waals surface area contributed by atoms with Crippen LogP contribution in [0, 0.1) is 0 Å². The fourth-order valence-corrected chi connectivity index (χ4v) is 3.26. The SMILES string of the molecule is CN(CCOc1ccccc1)C(=O)[C@H]1CN2CCCN1CC2. The second-order valence-corrected chi connectivity index (χ2v) is 6.13. The van der Waals surface area contributed by atoms with Gasteiger partial charge in [0, 0.05) is 33.2 Å². The molecule has 2 unspecified atom stereocenters. The number of para-hydroxylation sites is 1. The lowest BCUT2D eigenvalue weighted by Crippen LogP contribution is -2.57. The van der Waals surface area contributed by atoms with Crippen molar-refractivity contribution in [2.24, 2.45) is 0 Å². The van der Waals surface area contributed by atoms with Gasteiger partial charge in [-0.15, -0.1) is 0 Å². The fraction of sp³-hybridized carbons (Fsp3) is 0.588. The molecule has 1 aromatic carbocycles. The highest BCUT2D eigenvalue weighted by atomic mass is 16.5. The van der Waals surface area contributed by atoms with Gasteiger partial charge in [-0.3, -0.25) is 14.6 Å². The first-order valence-corrected chi connectivity index (χ1v) is 8.13. The van der Waals surface area contributed by atoms with E-state index in [0.29, 0.717) is 13.2 Å². The number of carbonyl (C=O) groups excluding carboxylic acids is 1. The summed E-state index contributed by atoms with van der Waals surface area (Å²) < 4.78 is 5.68. The van der Waals surface area contributed by atoms with E-state index in [0.717, 1.165) is 38.5 Å². The predicted molar refractivity (Wildman–Crippen MR) is 86.0 cm³/mol. The Morgan fingerprint density at radius 1 is 1.23 bits per heavy atom. The Morgan fingerprint density at radius 2 is 2.05 bits per heavy atom. The molecule has 0 radical (unpaired) electrons. The standard InChI is InChI=1S/C17H25N3O2/c1-18(12-13-22-15-6-3-2-4-7-15)17(21)16-14-19-8-5-9-20(16)11-10-19/h2-4,6-7,16H,5,8-14H2,1H3/t16-/m1/s1. The predicted octanol–water partition coefficient (Wildman–Crippen LogP) is 0.914. The summed E-state index contributed by atoms with van der Waals surface area (Å²) >= 11 is 0. The summed E-state index contributed by atoms with van der Waals surface area (Å²) in [4.78, 5) is 19.3. The molecule has 3 aliphatic rings. The van der Waals surface area contributed by atoms with E-state index in [-0.39, 0.29) is 11.9 Å². The molecule has 22 heavy (non-hydrogen) atoms. The zero-order chi connectivity index (χ0) is 15.4. The van der Waals surface area contributed by atoms with Crippen molar-refractivity contribution >= 4 is 5.91 Å². The quantitative estimate of drug-likeness (QED) is 0.810. The maximum atomic E-state index is 12.7. The summed E-state index contributed by atoms with van der Waals surface area (Å²) in [5, 5.41) is 0. The maximum Gasteiger partial charge on any atom is 0.241 e. The highest BCUT2D eigenvalue weighted by Gasteiger charge is 2.35. The maximum absolute atomic E-state index is 12.7. The third-order valence-corrected chi connectivity index (χ3v) is 4.59. The smallest absolute Gasteiger partial charge is 0.241 e.